The Morgan fingerprint density at radius 3 is 2.27 bits per heavy atom. The summed E-state index contributed by atoms with van der Waals surface area (Å²) in [5.74, 6) is -0.606. The van der Waals surface area contributed by atoms with Crippen molar-refractivity contribution in [3.63, 3.8) is 0 Å². The number of halogens is 1. The van der Waals surface area contributed by atoms with Gasteiger partial charge in [0.2, 0.25) is 0 Å². The Morgan fingerprint density at radius 2 is 1.64 bits per heavy atom. The van der Waals surface area contributed by atoms with E-state index in [1.807, 2.05) is 50.2 Å². The van der Waals surface area contributed by atoms with Crippen LogP contribution in [0.3, 0.4) is 0 Å². The molecule has 3 rings (SSSR count). The number of nitrogens with one attached hydrogen (secondary N) is 1. The number of carbonyl (C=O) groups is 1. The van der Waals surface area contributed by atoms with E-state index in [4.69, 9.17) is 4.74 Å². The Kier molecular flexibility index (Phi) is 10.4. The molecule has 1 atom stereocenters. The van der Waals surface area contributed by atoms with Gasteiger partial charge in [-0.15, -0.1) is 12.4 Å². The molecule has 0 aromatic heterocycles. The lowest BCUT2D eigenvalue weighted by molar-refractivity contribution is 0.0690. The van der Waals surface area contributed by atoms with Crippen LogP contribution in [0.4, 0.5) is 0 Å². The van der Waals surface area contributed by atoms with Crippen molar-refractivity contribution in [3.05, 3.63) is 89.5 Å². The summed E-state index contributed by atoms with van der Waals surface area (Å²) in [6.07, 6.45) is 1.32. The summed E-state index contributed by atoms with van der Waals surface area (Å²) < 4.78 is 5.71. The SMILES string of the molecule is CC(C)Oc1cc(-c2ccc(CCCNC[C@H](O)c3ccccc3)cc2)ccc1C(=O)O.Cl. The Labute approximate surface area is 201 Å². The Bertz CT molecular complexity index is 1010. The maximum Gasteiger partial charge on any atom is 0.339 e. The van der Waals surface area contributed by atoms with Gasteiger partial charge in [0.1, 0.15) is 11.3 Å². The van der Waals surface area contributed by atoms with Gasteiger partial charge in [0.05, 0.1) is 12.2 Å². The molecule has 3 N–H and O–H groups in total. The van der Waals surface area contributed by atoms with Gasteiger partial charge >= 0.3 is 5.97 Å². The van der Waals surface area contributed by atoms with Crippen molar-refractivity contribution in [2.45, 2.75) is 38.9 Å². The van der Waals surface area contributed by atoms with Crippen LogP contribution in [-0.4, -0.2) is 35.4 Å². The number of carboxylic acids is 1. The fraction of sp³-hybridized carbons (Fsp3) is 0.296. The van der Waals surface area contributed by atoms with Crippen molar-refractivity contribution < 1.29 is 19.7 Å². The van der Waals surface area contributed by atoms with Crippen molar-refractivity contribution in [3.8, 4) is 16.9 Å². The number of aliphatic hydroxyl groups excluding tert-OH is 1. The summed E-state index contributed by atoms with van der Waals surface area (Å²) in [6.45, 7) is 5.13. The van der Waals surface area contributed by atoms with Crippen LogP contribution >= 0.6 is 12.4 Å². The summed E-state index contributed by atoms with van der Waals surface area (Å²) >= 11 is 0. The maximum absolute atomic E-state index is 11.5. The van der Waals surface area contributed by atoms with Gasteiger partial charge in [-0.1, -0.05) is 60.7 Å². The van der Waals surface area contributed by atoms with E-state index in [1.54, 1.807) is 12.1 Å². The predicted octanol–water partition coefficient (Wildman–Crippen LogP) is 5.52. The van der Waals surface area contributed by atoms with Gasteiger partial charge in [-0.05, 0) is 67.6 Å². The molecule has 3 aromatic rings. The van der Waals surface area contributed by atoms with Crippen molar-refractivity contribution in [1.82, 2.24) is 5.32 Å². The average Bonchev–Trinajstić information content (AvgIpc) is 2.79. The number of hydrogen-bond donors (Lipinski definition) is 3. The summed E-state index contributed by atoms with van der Waals surface area (Å²) in [4.78, 5) is 11.5. The first-order valence-electron chi connectivity index (χ1n) is 11.0. The van der Waals surface area contributed by atoms with Gasteiger partial charge in [-0.3, -0.25) is 0 Å². The van der Waals surface area contributed by atoms with Gasteiger partial charge in [0.15, 0.2) is 0 Å². The van der Waals surface area contributed by atoms with E-state index >= 15 is 0 Å². The molecule has 33 heavy (non-hydrogen) atoms. The highest BCUT2D eigenvalue weighted by Crippen LogP contribution is 2.28. The van der Waals surface area contributed by atoms with Crippen LogP contribution in [0.25, 0.3) is 11.1 Å². The third-order valence-corrected chi connectivity index (χ3v) is 5.20. The molecule has 0 spiro atoms. The molecule has 176 valence electrons. The predicted molar refractivity (Wildman–Crippen MR) is 134 cm³/mol. The Balaban J connectivity index is 0.00000385. The lowest BCUT2D eigenvalue weighted by Gasteiger charge is -2.14. The quantitative estimate of drug-likeness (QED) is 0.322. The zero-order chi connectivity index (χ0) is 22.9. The molecule has 5 nitrogen and oxygen atoms in total. The van der Waals surface area contributed by atoms with Crippen LogP contribution in [-0.2, 0) is 6.42 Å². The fourth-order valence-electron chi connectivity index (χ4n) is 3.54. The number of hydrogen-bond acceptors (Lipinski definition) is 4. The largest absolute Gasteiger partial charge is 0.490 e. The number of ether oxygens (including phenoxy) is 1. The van der Waals surface area contributed by atoms with Crippen LogP contribution in [0, 0.1) is 0 Å². The fourth-order valence-corrected chi connectivity index (χ4v) is 3.54. The molecule has 6 heteroatoms. The average molecular weight is 470 g/mol. The number of aromatic carboxylic acids is 1. The first-order valence-corrected chi connectivity index (χ1v) is 11.0. The van der Waals surface area contributed by atoms with E-state index in [0.29, 0.717) is 12.3 Å². The highest BCUT2D eigenvalue weighted by Gasteiger charge is 2.14. The van der Waals surface area contributed by atoms with Crippen LogP contribution in [0.5, 0.6) is 5.75 Å². The van der Waals surface area contributed by atoms with Crippen LogP contribution in [0.2, 0.25) is 0 Å². The standard InChI is InChI=1S/C27H31NO4.ClH/c1-19(2)32-26-17-23(14-15-24(26)27(30)31)21-12-10-20(11-13-21)7-6-16-28-18-25(29)22-8-4-3-5-9-22;/h3-5,8-15,17,19,25,28-29H,6-7,16,18H2,1-2H3,(H,30,31);1H/t25-;/m0./s1. The molecule has 0 saturated carbocycles. The molecule has 0 fully saturated rings. The van der Waals surface area contributed by atoms with Crippen LogP contribution in [0.15, 0.2) is 72.8 Å². The van der Waals surface area contributed by atoms with E-state index in [9.17, 15) is 15.0 Å². The van der Waals surface area contributed by atoms with Crippen LogP contribution < -0.4 is 10.1 Å². The first kappa shape index (κ1) is 26.4. The zero-order valence-corrected chi connectivity index (χ0v) is 19.8. The third kappa shape index (κ3) is 7.90. The van der Waals surface area contributed by atoms with E-state index in [-0.39, 0.29) is 24.1 Å². The maximum atomic E-state index is 11.5. The van der Waals surface area contributed by atoms with Gasteiger partial charge in [0.25, 0.3) is 0 Å². The number of aryl methyl sites for hydroxylation is 1. The number of carboxylic acid groups (broad SMARTS) is 1. The van der Waals surface area contributed by atoms with Crippen molar-refractivity contribution in [2.75, 3.05) is 13.1 Å². The molecular weight excluding hydrogens is 438 g/mol. The topological polar surface area (TPSA) is 78.8 Å². The molecule has 0 aliphatic carbocycles. The molecule has 0 heterocycles. The molecule has 0 radical (unpaired) electrons. The van der Waals surface area contributed by atoms with Crippen molar-refractivity contribution in [1.29, 1.82) is 0 Å². The normalized spacial score (nSPS) is 11.6. The van der Waals surface area contributed by atoms with E-state index in [2.05, 4.69) is 29.6 Å². The smallest absolute Gasteiger partial charge is 0.339 e. The molecule has 0 unspecified atom stereocenters. The van der Waals surface area contributed by atoms with Crippen LogP contribution in [0.1, 0.15) is 47.9 Å². The van der Waals surface area contributed by atoms with Gasteiger partial charge in [-0.2, -0.15) is 0 Å². The lowest BCUT2D eigenvalue weighted by atomic mass is 10.0. The minimum Gasteiger partial charge on any atom is -0.490 e. The number of rotatable bonds is 11. The van der Waals surface area contributed by atoms with Crippen molar-refractivity contribution in [2.24, 2.45) is 0 Å². The second-order valence-corrected chi connectivity index (χ2v) is 8.11. The lowest BCUT2D eigenvalue weighted by Crippen LogP contribution is -2.22. The monoisotopic (exact) mass is 469 g/mol. The second-order valence-electron chi connectivity index (χ2n) is 8.11. The van der Waals surface area contributed by atoms with Gasteiger partial charge in [0, 0.05) is 6.54 Å². The van der Waals surface area contributed by atoms with Crippen molar-refractivity contribution >= 4 is 18.4 Å². The highest BCUT2D eigenvalue weighted by atomic mass is 35.5. The summed E-state index contributed by atoms with van der Waals surface area (Å²) in [5.41, 5.74) is 4.27. The molecule has 0 saturated heterocycles. The second kappa shape index (κ2) is 13.0. The molecule has 3 aromatic carbocycles. The minimum absolute atomic E-state index is 0. The van der Waals surface area contributed by atoms with E-state index in [1.165, 1.54) is 5.56 Å². The highest BCUT2D eigenvalue weighted by molar-refractivity contribution is 5.92. The third-order valence-electron chi connectivity index (χ3n) is 5.20. The molecular formula is C27H32ClNO4. The van der Waals surface area contributed by atoms with E-state index in [0.717, 1.165) is 36.1 Å². The molecule has 0 aliphatic heterocycles. The van der Waals surface area contributed by atoms with Gasteiger partial charge in [-0.25, -0.2) is 4.79 Å². The molecule has 0 aliphatic rings. The number of aliphatic hydroxyl groups is 1. The minimum atomic E-state index is -0.993. The molecule has 0 bridgehead atoms. The summed E-state index contributed by atoms with van der Waals surface area (Å²) in [5, 5.41) is 22.9. The van der Waals surface area contributed by atoms with E-state index < -0.39 is 12.1 Å². The first-order chi connectivity index (χ1) is 15.4. The molecule has 0 amide bonds. The summed E-state index contributed by atoms with van der Waals surface area (Å²) in [7, 11) is 0. The van der Waals surface area contributed by atoms with Gasteiger partial charge < -0.3 is 20.3 Å². The number of benzene rings is 3. The zero-order valence-electron chi connectivity index (χ0n) is 19.0. The summed E-state index contributed by atoms with van der Waals surface area (Å²) in [6, 6.07) is 23.2. The Morgan fingerprint density at radius 1 is 0.970 bits per heavy atom. The Hall–Kier alpha value is -2.86.